The van der Waals surface area contributed by atoms with Crippen LogP contribution in [0.25, 0.3) is 0 Å². The second-order valence-electron chi connectivity index (χ2n) is 4.80. The van der Waals surface area contributed by atoms with Gasteiger partial charge in [0.2, 0.25) is 0 Å². The zero-order valence-corrected chi connectivity index (χ0v) is 11.7. The smallest absolute Gasteiger partial charge is 0.316 e. The molecule has 4 nitrogen and oxygen atoms in total. The van der Waals surface area contributed by atoms with Crippen molar-refractivity contribution in [1.29, 1.82) is 0 Å². The van der Waals surface area contributed by atoms with E-state index >= 15 is 0 Å². The summed E-state index contributed by atoms with van der Waals surface area (Å²) in [6.45, 7) is 4.40. The Morgan fingerprint density at radius 3 is 2.68 bits per heavy atom. The van der Waals surface area contributed by atoms with Gasteiger partial charge in [0.25, 0.3) is 0 Å². The van der Waals surface area contributed by atoms with Crippen LogP contribution in [0.1, 0.15) is 30.9 Å². The van der Waals surface area contributed by atoms with Crippen LogP contribution in [0.4, 0.5) is 0 Å². The van der Waals surface area contributed by atoms with Crippen LogP contribution in [-0.4, -0.2) is 26.5 Å². The SMILES string of the molecule is CCOC(=O)C1(c2c(C)cccc2OCOC)CC1. The van der Waals surface area contributed by atoms with Crippen molar-refractivity contribution in [2.75, 3.05) is 20.5 Å². The molecule has 1 saturated carbocycles. The fourth-order valence-corrected chi connectivity index (χ4v) is 2.45. The predicted octanol–water partition coefficient (Wildman–Crippen LogP) is 2.57. The van der Waals surface area contributed by atoms with Gasteiger partial charge in [-0.3, -0.25) is 4.79 Å². The van der Waals surface area contributed by atoms with Gasteiger partial charge in [0.05, 0.1) is 12.0 Å². The van der Waals surface area contributed by atoms with E-state index in [1.54, 1.807) is 7.11 Å². The topological polar surface area (TPSA) is 44.8 Å². The standard InChI is InChI=1S/C15H20O4/c1-4-18-14(16)15(8-9-15)13-11(2)6-5-7-12(13)19-10-17-3/h5-7H,4,8-10H2,1-3H3. The minimum atomic E-state index is -0.509. The summed E-state index contributed by atoms with van der Waals surface area (Å²) >= 11 is 0. The van der Waals surface area contributed by atoms with E-state index in [9.17, 15) is 4.79 Å². The first kappa shape index (κ1) is 13.9. The summed E-state index contributed by atoms with van der Waals surface area (Å²) in [4.78, 5) is 12.2. The minimum Gasteiger partial charge on any atom is -0.467 e. The summed E-state index contributed by atoms with van der Waals surface area (Å²) in [6.07, 6.45) is 1.64. The molecule has 0 unspecified atom stereocenters. The maximum atomic E-state index is 12.2. The Labute approximate surface area is 113 Å². The fourth-order valence-electron chi connectivity index (χ4n) is 2.45. The summed E-state index contributed by atoms with van der Waals surface area (Å²) < 4.78 is 15.7. The number of hydrogen-bond donors (Lipinski definition) is 0. The van der Waals surface area contributed by atoms with Gasteiger partial charge in [0.1, 0.15) is 5.75 Å². The molecule has 2 rings (SSSR count). The van der Waals surface area contributed by atoms with E-state index in [2.05, 4.69) is 0 Å². The van der Waals surface area contributed by atoms with Gasteiger partial charge in [-0.2, -0.15) is 0 Å². The molecule has 0 aromatic heterocycles. The van der Waals surface area contributed by atoms with Gasteiger partial charge < -0.3 is 14.2 Å². The molecule has 0 aliphatic heterocycles. The van der Waals surface area contributed by atoms with E-state index in [1.807, 2.05) is 32.0 Å². The normalized spacial score (nSPS) is 15.9. The lowest BCUT2D eigenvalue weighted by Gasteiger charge is -2.20. The lowest BCUT2D eigenvalue weighted by Crippen LogP contribution is -2.25. The molecule has 0 N–H and O–H groups in total. The lowest BCUT2D eigenvalue weighted by molar-refractivity contribution is -0.146. The Balaban J connectivity index is 2.35. The lowest BCUT2D eigenvalue weighted by atomic mass is 9.91. The Morgan fingerprint density at radius 2 is 2.11 bits per heavy atom. The van der Waals surface area contributed by atoms with Crippen LogP contribution in [0.2, 0.25) is 0 Å². The summed E-state index contributed by atoms with van der Waals surface area (Å²) in [5.41, 5.74) is 1.49. The van der Waals surface area contributed by atoms with E-state index < -0.39 is 5.41 Å². The van der Waals surface area contributed by atoms with Crippen molar-refractivity contribution in [3.8, 4) is 5.75 Å². The molecule has 104 valence electrons. The van der Waals surface area contributed by atoms with Crippen molar-refractivity contribution < 1.29 is 19.0 Å². The van der Waals surface area contributed by atoms with Crippen LogP contribution in [0.5, 0.6) is 5.75 Å². The number of carbonyl (C=O) groups is 1. The first-order chi connectivity index (χ1) is 9.15. The highest BCUT2D eigenvalue weighted by Crippen LogP contribution is 2.53. The van der Waals surface area contributed by atoms with Crippen molar-refractivity contribution in [3.63, 3.8) is 0 Å². The van der Waals surface area contributed by atoms with E-state index in [-0.39, 0.29) is 12.8 Å². The van der Waals surface area contributed by atoms with Gasteiger partial charge in [-0.05, 0) is 38.3 Å². The van der Waals surface area contributed by atoms with Gasteiger partial charge in [-0.15, -0.1) is 0 Å². The van der Waals surface area contributed by atoms with Crippen molar-refractivity contribution >= 4 is 5.97 Å². The average Bonchev–Trinajstić information content (AvgIpc) is 3.18. The molecule has 1 aliphatic rings. The third-order valence-corrected chi connectivity index (χ3v) is 3.46. The molecule has 0 bridgehead atoms. The Kier molecular flexibility index (Phi) is 4.10. The Hall–Kier alpha value is -1.55. The molecule has 19 heavy (non-hydrogen) atoms. The number of benzene rings is 1. The molecule has 0 atom stereocenters. The molecule has 0 spiro atoms. The highest BCUT2D eigenvalue weighted by molar-refractivity contribution is 5.88. The van der Waals surface area contributed by atoms with Crippen molar-refractivity contribution in [2.24, 2.45) is 0 Å². The zero-order chi connectivity index (χ0) is 13.9. The molecule has 4 heteroatoms. The Morgan fingerprint density at radius 1 is 1.37 bits per heavy atom. The fraction of sp³-hybridized carbons (Fsp3) is 0.533. The second kappa shape index (κ2) is 5.61. The van der Waals surface area contributed by atoms with Gasteiger partial charge in [-0.1, -0.05) is 12.1 Å². The summed E-state index contributed by atoms with van der Waals surface area (Å²) in [5.74, 6) is 0.568. The van der Waals surface area contributed by atoms with Gasteiger partial charge in [-0.25, -0.2) is 0 Å². The van der Waals surface area contributed by atoms with Crippen LogP contribution < -0.4 is 4.74 Å². The highest BCUT2D eigenvalue weighted by atomic mass is 16.7. The molecule has 1 fully saturated rings. The van der Waals surface area contributed by atoms with Crippen LogP contribution in [-0.2, 0) is 19.7 Å². The summed E-state index contributed by atoms with van der Waals surface area (Å²) in [5, 5.41) is 0. The van der Waals surface area contributed by atoms with Crippen molar-refractivity contribution in [2.45, 2.75) is 32.1 Å². The van der Waals surface area contributed by atoms with Gasteiger partial charge >= 0.3 is 5.97 Å². The number of methoxy groups -OCH3 is 1. The third kappa shape index (κ3) is 2.59. The molecule has 0 saturated heterocycles. The number of aryl methyl sites for hydroxylation is 1. The van der Waals surface area contributed by atoms with Crippen molar-refractivity contribution in [3.05, 3.63) is 29.3 Å². The zero-order valence-electron chi connectivity index (χ0n) is 11.7. The molecule has 0 radical (unpaired) electrons. The van der Waals surface area contributed by atoms with E-state index in [0.29, 0.717) is 12.4 Å². The molecular weight excluding hydrogens is 244 g/mol. The van der Waals surface area contributed by atoms with Crippen LogP contribution in [0, 0.1) is 6.92 Å². The first-order valence-electron chi connectivity index (χ1n) is 6.54. The predicted molar refractivity (Wildman–Crippen MR) is 71.2 cm³/mol. The van der Waals surface area contributed by atoms with Gasteiger partial charge in [0, 0.05) is 12.7 Å². The first-order valence-corrected chi connectivity index (χ1v) is 6.54. The largest absolute Gasteiger partial charge is 0.467 e. The van der Waals surface area contributed by atoms with E-state index in [0.717, 1.165) is 24.0 Å². The van der Waals surface area contributed by atoms with Crippen LogP contribution in [0.3, 0.4) is 0 Å². The van der Waals surface area contributed by atoms with Gasteiger partial charge in [0.15, 0.2) is 6.79 Å². The number of esters is 1. The highest BCUT2D eigenvalue weighted by Gasteiger charge is 2.55. The van der Waals surface area contributed by atoms with E-state index in [4.69, 9.17) is 14.2 Å². The quantitative estimate of drug-likeness (QED) is 0.585. The monoisotopic (exact) mass is 264 g/mol. The maximum absolute atomic E-state index is 12.2. The molecule has 1 aromatic rings. The van der Waals surface area contributed by atoms with Crippen LogP contribution in [0.15, 0.2) is 18.2 Å². The van der Waals surface area contributed by atoms with Crippen molar-refractivity contribution in [1.82, 2.24) is 0 Å². The Bertz CT molecular complexity index is 463. The molecule has 1 aromatic carbocycles. The number of ether oxygens (including phenoxy) is 3. The van der Waals surface area contributed by atoms with E-state index in [1.165, 1.54) is 0 Å². The number of rotatable bonds is 6. The van der Waals surface area contributed by atoms with Crippen LogP contribution >= 0.6 is 0 Å². The third-order valence-electron chi connectivity index (χ3n) is 3.46. The number of hydrogen-bond acceptors (Lipinski definition) is 4. The summed E-state index contributed by atoms with van der Waals surface area (Å²) in [6, 6.07) is 5.79. The molecule has 1 aliphatic carbocycles. The molecule has 0 amide bonds. The minimum absolute atomic E-state index is 0.147. The molecule has 0 heterocycles. The maximum Gasteiger partial charge on any atom is 0.316 e. The average molecular weight is 264 g/mol. The summed E-state index contributed by atoms with van der Waals surface area (Å²) in [7, 11) is 1.58. The molecular formula is C15H20O4. The number of carbonyl (C=O) groups excluding carboxylic acids is 1. The second-order valence-corrected chi connectivity index (χ2v) is 4.80.